The lowest BCUT2D eigenvalue weighted by molar-refractivity contribution is 0.738. The molecule has 88 valence electrons. The van der Waals surface area contributed by atoms with Crippen LogP contribution in [0.3, 0.4) is 0 Å². The molecular formula is C8H20N4Si4. The van der Waals surface area contributed by atoms with Gasteiger partial charge in [0.1, 0.15) is 0 Å². The second kappa shape index (κ2) is 6.17. The summed E-state index contributed by atoms with van der Waals surface area (Å²) in [6.07, 6.45) is 3.89. The molecule has 0 bridgehead atoms. The van der Waals surface area contributed by atoms with Gasteiger partial charge in [-0.2, -0.15) is 0 Å². The second-order valence-electron chi connectivity index (χ2n) is 3.49. The van der Waals surface area contributed by atoms with Gasteiger partial charge in [-0.3, -0.25) is 0 Å². The van der Waals surface area contributed by atoms with Gasteiger partial charge in [0, 0.05) is 0 Å². The minimum absolute atomic E-state index is 0.296. The van der Waals surface area contributed by atoms with Crippen LogP contribution < -0.4 is 9.30 Å². The topological polar surface area (TPSA) is 30.5 Å². The van der Waals surface area contributed by atoms with Crippen molar-refractivity contribution in [1.29, 1.82) is 0 Å². The Morgan fingerprint density at radius 2 is 1.31 bits per heavy atom. The standard InChI is InChI=1S/C8H20N4Si4/c1-5-11-14-9-13-10-15-12(6-2)16(11,7-3)8-4/h5-10H,1-4,13-15H2. The van der Waals surface area contributed by atoms with Gasteiger partial charge >= 0.3 is 0 Å². The molecule has 0 radical (unpaired) electrons. The molecule has 0 aromatic rings. The van der Waals surface area contributed by atoms with Crippen LogP contribution in [-0.2, 0) is 0 Å². The molecule has 0 unspecified atom stereocenters. The molecule has 8 heteroatoms. The fourth-order valence-corrected chi connectivity index (χ4v) is 16.5. The Labute approximate surface area is 106 Å². The molecule has 1 aliphatic rings. The number of hydrogen-bond donors (Lipinski definition) is 2. The molecule has 2 N–H and O–H groups in total. The van der Waals surface area contributed by atoms with Crippen molar-refractivity contribution >= 4 is 37.9 Å². The molecule has 0 saturated carbocycles. The summed E-state index contributed by atoms with van der Waals surface area (Å²) in [5.74, 6) is 0. The van der Waals surface area contributed by atoms with Crippen molar-refractivity contribution in [3.63, 3.8) is 0 Å². The predicted octanol–water partition coefficient (Wildman–Crippen LogP) is -2.04. The van der Waals surface area contributed by atoms with Gasteiger partial charge < -0.3 is 17.8 Å². The molecule has 0 amide bonds. The number of nitrogens with one attached hydrogen (secondary N) is 2. The Kier molecular flexibility index (Phi) is 5.18. The van der Waals surface area contributed by atoms with Crippen molar-refractivity contribution < 1.29 is 0 Å². The molecule has 0 spiro atoms. The lowest BCUT2D eigenvalue weighted by atomic mass is 11.1. The third kappa shape index (κ3) is 2.36. The maximum Gasteiger partial charge on any atom is 0.299 e. The Bertz CT molecular complexity index is 268. The monoisotopic (exact) mass is 284 g/mol. The molecule has 0 aromatic heterocycles. The van der Waals surface area contributed by atoms with Gasteiger partial charge in [0.2, 0.25) is 0 Å². The molecule has 1 heterocycles. The fourth-order valence-electron chi connectivity index (χ4n) is 1.83. The summed E-state index contributed by atoms with van der Waals surface area (Å²) in [6.45, 7) is 15.9. The summed E-state index contributed by atoms with van der Waals surface area (Å²) in [5.41, 5.74) is 4.11. The van der Waals surface area contributed by atoms with Crippen LogP contribution in [-0.4, -0.2) is 46.4 Å². The van der Waals surface area contributed by atoms with Crippen LogP contribution in [0.1, 0.15) is 0 Å². The van der Waals surface area contributed by atoms with Gasteiger partial charge in [-0.15, -0.1) is 13.2 Å². The van der Waals surface area contributed by atoms with Gasteiger partial charge in [0.05, 0.1) is 0 Å². The van der Waals surface area contributed by atoms with Crippen molar-refractivity contribution in [2.45, 2.75) is 0 Å². The number of hydrogen-bond acceptors (Lipinski definition) is 4. The van der Waals surface area contributed by atoms with Crippen molar-refractivity contribution in [1.82, 2.24) is 17.8 Å². The normalized spacial score (nSPS) is 25.0. The smallest absolute Gasteiger partial charge is 0.299 e. The highest BCUT2D eigenvalue weighted by molar-refractivity contribution is 6.93. The molecular weight excluding hydrogens is 264 g/mol. The van der Waals surface area contributed by atoms with Crippen LogP contribution in [0.25, 0.3) is 0 Å². The minimum atomic E-state index is -1.99. The summed E-state index contributed by atoms with van der Waals surface area (Å²) in [4.78, 5) is 0. The van der Waals surface area contributed by atoms with E-state index in [1.54, 1.807) is 0 Å². The zero-order valence-electron chi connectivity index (χ0n) is 9.65. The number of nitrogens with zero attached hydrogens (tertiary/aromatic N) is 2. The molecule has 1 aliphatic heterocycles. The first-order valence-corrected chi connectivity index (χ1v) is 11.4. The first-order valence-electron chi connectivity index (χ1n) is 5.22. The zero-order valence-corrected chi connectivity index (χ0v) is 14.9. The van der Waals surface area contributed by atoms with Gasteiger partial charge in [-0.05, 0) is 12.4 Å². The van der Waals surface area contributed by atoms with E-state index in [9.17, 15) is 0 Å². The van der Waals surface area contributed by atoms with Crippen molar-refractivity contribution in [3.05, 3.63) is 50.1 Å². The van der Waals surface area contributed by atoms with E-state index in [4.69, 9.17) is 0 Å². The van der Waals surface area contributed by atoms with E-state index in [0.29, 0.717) is 0 Å². The Morgan fingerprint density at radius 1 is 0.875 bits per heavy atom. The summed E-state index contributed by atoms with van der Waals surface area (Å²) in [6, 6.07) is 0. The van der Waals surface area contributed by atoms with E-state index < -0.39 is 28.1 Å². The van der Waals surface area contributed by atoms with Gasteiger partial charge in [0.15, 0.2) is 29.5 Å². The highest BCUT2D eigenvalue weighted by atomic mass is 28.4. The van der Waals surface area contributed by atoms with Crippen LogP contribution in [0.5, 0.6) is 0 Å². The quantitative estimate of drug-likeness (QED) is 0.583. The first-order chi connectivity index (χ1) is 7.75. The van der Waals surface area contributed by atoms with Crippen molar-refractivity contribution in [3.8, 4) is 0 Å². The molecule has 1 fully saturated rings. The largest absolute Gasteiger partial charge is 0.402 e. The molecule has 0 aromatic carbocycles. The zero-order chi connectivity index (χ0) is 12.0. The number of rotatable bonds is 4. The minimum Gasteiger partial charge on any atom is -0.402 e. The van der Waals surface area contributed by atoms with E-state index in [0.717, 1.165) is 0 Å². The van der Waals surface area contributed by atoms with E-state index in [2.05, 4.69) is 55.5 Å². The maximum atomic E-state index is 4.01. The molecule has 1 saturated heterocycles. The van der Waals surface area contributed by atoms with E-state index >= 15 is 0 Å². The lowest BCUT2D eigenvalue weighted by Gasteiger charge is -2.46. The Balaban J connectivity index is 3.11. The third-order valence-electron chi connectivity index (χ3n) is 2.78. The van der Waals surface area contributed by atoms with Crippen LogP contribution in [0.2, 0.25) is 0 Å². The van der Waals surface area contributed by atoms with Crippen LogP contribution in [0, 0.1) is 0 Å². The van der Waals surface area contributed by atoms with E-state index in [1.165, 1.54) is 0 Å². The Morgan fingerprint density at radius 3 is 1.62 bits per heavy atom. The summed E-state index contributed by atoms with van der Waals surface area (Å²) >= 11 is 0. The van der Waals surface area contributed by atoms with Crippen LogP contribution in [0.4, 0.5) is 0 Å². The third-order valence-corrected chi connectivity index (χ3v) is 15.2. The Hall–Kier alpha value is -0.652. The molecule has 4 nitrogen and oxygen atoms in total. The van der Waals surface area contributed by atoms with Gasteiger partial charge in [0.25, 0.3) is 8.40 Å². The lowest BCUT2D eigenvalue weighted by Crippen LogP contribution is -2.69. The van der Waals surface area contributed by atoms with Crippen LogP contribution >= 0.6 is 0 Å². The predicted molar refractivity (Wildman–Crippen MR) is 82.1 cm³/mol. The highest BCUT2D eigenvalue weighted by Gasteiger charge is 2.38. The molecule has 1 rings (SSSR count). The first kappa shape index (κ1) is 13.4. The second-order valence-corrected chi connectivity index (χ2v) is 14.6. The average Bonchev–Trinajstić information content (AvgIpc) is 2.30. The highest BCUT2D eigenvalue weighted by Crippen LogP contribution is 2.17. The molecule has 0 atom stereocenters. The maximum absolute atomic E-state index is 4.01. The molecule has 16 heavy (non-hydrogen) atoms. The molecule has 0 aliphatic carbocycles. The van der Waals surface area contributed by atoms with Crippen molar-refractivity contribution in [2.24, 2.45) is 0 Å². The van der Waals surface area contributed by atoms with Crippen LogP contribution in [0.15, 0.2) is 50.1 Å². The SMILES string of the molecule is C=CN1[SiH2]N[SiH2]N[SiH2]N(C=C)[Si]1(C=C)C=C. The van der Waals surface area contributed by atoms with E-state index in [1.807, 2.05) is 12.4 Å². The summed E-state index contributed by atoms with van der Waals surface area (Å²) in [7, 11) is -3.26. The van der Waals surface area contributed by atoms with Crippen molar-refractivity contribution in [2.75, 3.05) is 0 Å². The summed E-state index contributed by atoms with van der Waals surface area (Å²) < 4.78 is 11.9. The average molecular weight is 285 g/mol. The summed E-state index contributed by atoms with van der Waals surface area (Å²) in [5, 5.41) is 0. The van der Waals surface area contributed by atoms with Gasteiger partial charge in [-0.25, -0.2) is 0 Å². The van der Waals surface area contributed by atoms with E-state index in [-0.39, 0.29) is 9.84 Å². The van der Waals surface area contributed by atoms with Gasteiger partial charge in [-0.1, -0.05) is 24.6 Å². The fraction of sp³-hybridized carbons (Fsp3) is 0.